The Labute approximate surface area is 233 Å². The molecule has 0 amide bonds. The van der Waals surface area contributed by atoms with Crippen molar-refractivity contribution >= 4 is 29.3 Å². The molecule has 2 unspecified atom stereocenters. The molecular weight excluding hydrogens is 496 g/mol. The predicted molar refractivity (Wildman–Crippen MR) is 145 cm³/mol. The van der Waals surface area contributed by atoms with Crippen molar-refractivity contribution in [2.24, 2.45) is 44.8 Å². The summed E-state index contributed by atoms with van der Waals surface area (Å²) in [6.45, 7) is 13.6. The summed E-state index contributed by atoms with van der Waals surface area (Å²) in [5.74, 6) is -1.85. The zero-order chi connectivity index (χ0) is 29.2. The Morgan fingerprint density at radius 3 is 2.13 bits per heavy atom. The fourth-order valence-electron chi connectivity index (χ4n) is 9.60. The van der Waals surface area contributed by atoms with Gasteiger partial charge in [-0.3, -0.25) is 24.0 Å². The van der Waals surface area contributed by atoms with Crippen LogP contribution in [0.25, 0.3) is 0 Å². The Bertz CT molecular complexity index is 1080. The van der Waals surface area contributed by atoms with E-state index in [9.17, 15) is 24.0 Å². The van der Waals surface area contributed by atoms with Gasteiger partial charge in [-0.15, -0.1) is 0 Å². The number of carbonyl (C=O) groups is 5. The molecule has 4 fully saturated rings. The van der Waals surface area contributed by atoms with Gasteiger partial charge in [0, 0.05) is 36.0 Å². The smallest absolute Gasteiger partial charge is 0.308 e. The fourth-order valence-corrected chi connectivity index (χ4v) is 9.60. The summed E-state index contributed by atoms with van der Waals surface area (Å²) >= 11 is 0. The molecule has 0 aromatic rings. The molecule has 39 heavy (non-hydrogen) atoms. The lowest BCUT2D eigenvalue weighted by Crippen LogP contribution is -2.62. The summed E-state index contributed by atoms with van der Waals surface area (Å²) < 4.78 is 10.8. The van der Waals surface area contributed by atoms with Gasteiger partial charge in [0.05, 0.1) is 13.0 Å². The summed E-state index contributed by atoms with van der Waals surface area (Å²) in [4.78, 5) is 66.9. The first kappa shape index (κ1) is 29.9. The highest BCUT2D eigenvalue weighted by Gasteiger charge is 2.65. The number of Topliss-reactive ketones (excluding diaryl/α,β-unsaturated/α-hetero) is 3. The van der Waals surface area contributed by atoms with Gasteiger partial charge in [0.15, 0.2) is 5.78 Å². The second-order valence-corrected chi connectivity index (χ2v) is 14.8. The fraction of sp³-hybridized carbons (Fsp3) is 0.844. The Morgan fingerprint density at radius 1 is 0.846 bits per heavy atom. The quantitative estimate of drug-likeness (QED) is 0.327. The Hall–Kier alpha value is -2.05. The number of ketones is 3. The summed E-state index contributed by atoms with van der Waals surface area (Å²) in [6, 6.07) is 0. The van der Waals surface area contributed by atoms with Crippen LogP contribution in [0.15, 0.2) is 0 Å². The SMILES string of the molecule is COC(=O)[C@@H]1CC[C@]2(C)CC[C@]3(C)C(=O)C(=O)CC4C(C)(C)[C@@H](OC(C)=O)CC[C@]4(C)C(=O)CC[C@@]3(C)C2C1. The summed E-state index contributed by atoms with van der Waals surface area (Å²) in [7, 11) is 1.42. The van der Waals surface area contributed by atoms with Crippen molar-refractivity contribution in [3.63, 3.8) is 0 Å². The lowest BCUT2D eigenvalue weighted by molar-refractivity contribution is -0.184. The summed E-state index contributed by atoms with van der Waals surface area (Å²) in [5, 5.41) is 0. The van der Waals surface area contributed by atoms with Gasteiger partial charge < -0.3 is 9.47 Å². The minimum Gasteiger partial charge on any atom is -0.469 e. The van der Waals surface area contributed by atoms with Crippen molar-refractivity contribution in [3.8, 4) is 0 Å². The van der Waals surface area contributed by atoms with Crippen LogP contribution in [0.4, 0.5) is 0 Å². The zero-order valence-corrected chi connectivity index (χ0v) is 25.2. The van der Waals surface area contributed by atoms with E-state index in [1.54, 1.807) is 0 Å². The molecular formula is C32H48O7. The topological polar surface area (TPSA) is 104 Å². The van der Waals surface area contributed by atoms with E-state index in [0.717, 1.165) is 19.3 Å². The monoisotopic (exact) mass is 544 g/mol. The normalized spacial score (nSPS) is 44.4. The van der Waals surface area contributed by atoms with Crippen LogP contribution < -0.4 is 0 Å². The van der Waals surface area contributed by atoms with E-state index in [1.807, 2.05) is 27.7 Å². The number of fused-ring (bicyclic) bond motifs is 4. The van der Waals surface area contributed by atoms with Crippen LogP contribution in [0.2, 0.25) is 0 Å². The first-order valence-corrected chi connectivity index (χ1v) is 14.8. The molecule has 0 bridgehead atoms. The molecule has 4 rings (SSSR count). The number of hydrogen-bond acceptors (Lipinski definition) is 7. The first-order chi connectivity index (χ1) is 18.0. The van der Waals surface area contributed by atoms with Gasteiger partial charge >= 0.3 is 11.9 Å². The molecule has 0 aromatic carbocycles. The molecule has 4 saturated carbocycles. The molecule has 0 aliphatic heterocycles. The molecule has 0 radical (unpaired) electrons. The Morgan fingerprint density at radius 2 is 1.51 bits per heavy atom. The number of hydrogen-bond donors (Lipinski definition) is 0. The number of methoxy groups -OCH3 is 1. The minimum atomic E-state index is -0.922. The molecule has 0 heterocycles. The molecule has 218 valence electrons. The maximum atomic E-state index is 14.3. The Kier molecular flexibility index (Phi) is 7.52. The van der Waals surface area contributed by atoms with Crippen LogP contribution in [-0.4, -0.2) is 42.5 Å². The van der Waals surface area contributed by atoms with Gasteiger partial charge in [0.2, 0.25) is 5.78 Å². The molecule has 0 aromatic heterocycles. The van der Waals surface area contributed by atoms with Crippen LogP contribution in [0.5, 0.6) is 0 Å². The lowest BCUT2D eigenvalue weighted by Gasteiger charge is -2.63. The molecule has 0 saturated heterocycles. The number of ether oxygens (including phenoxy) is 2. The number of rotatable bonds is 2. The van der Waals surface area contributed by atoms with Gasteiger partial charge in [-0.1, -0.05) is 41.5 Å². The second-order valence-electron chi connectivity index (χ2n) is 14.8. The van der Waals surface area contributed by atoms with Crippen LogP contribution in [0, 0.1) is 44.8 Å². The van der Waals surface area contributed by atoms with Gasteiger partial charge in [-0.25, -0.2) is 0 Å². The van der Waals surface area contributed by atoms with Gasteiger partial charge in [0.1, 0.15) is 11.9 Å². The first-order valence-electron chi connectivity index (χ1n) is 14.8. The van der Waals surface area contributed by atoms with Crippen LogP contribution >= 0.6 is 0 Å². The minimum absolute atomic E-state index is 0.0188. The maximum absolute atomic E-state index is 14.3. The molecule has 7 heteroatoms. The van der Waals surface area contributed by atoms with Gasteiger partial charge in [-0.2, -0.15) is 0 Å². The molecule has 4 aliphatic carbocycles. The average Bonchev–Trinajstić information content (AvgIpc) is 2.87. The second kappa shape index (κ2) is 9.80. The van der Waals surface area contributed by atoms with Crippen molar-refractivity contribution in [2.45, 2.75) is 119 Å². The standard InChI is InChI=1S/C32H48O7/c1-19(33)39-25-11-13-30(5)22(28(25,2)3)18-21(34)26(36)32(7)16-15-29(4)12-9-20(27(37)38-8)17-23(29)31(32,6)14-10-24(30)35/h20,22-23,25H,9-18H2,1-8H3/t20-,22?,23?,25+,29-,30+,31+,32-/m1/s1. The molecule has 0 N–H and O–H groups in total. The largest absolute Gasteiger partial charge is 0.469 e. The van der Waals surface area contributed by atoms with E-state index < -0.39 is 39.5 Å². The van der Waals surface area contributed by atoms with Gasteiger partial charge in [-0.05, 0) is 74.0 Å². The molecule has 0 spiro atoms. The third-order valence-electron chi connectivity index (χ3n) is 12.6. The van der Waals surface area contributed by atoms with Crippen LogP contribution in [0.3, 0.4) is 0 Å². The van der Waals surface area contributed by atoms with Crippen molar-refractivity contribution in [1.82, 2.24) is 0 Å². The van der Waals surface area contributed by atoms with Crippen molar-refractivity contribution in [2.75, 3.05) is 7.11 Å². The highest BCUT2D eigenvalue weighted by Crippen LogP contribution is 2.68. The van der Waals surface area contributed by atoms with Gasteiger partial charge in [0.25, 0.3) is 0 Å². The van der Waals surface area contributed by atoms with Crippen molar-refractivity contribution in [1.29, 1.82) is 0 Å². The molecule has 8 atom stereocenters. The van der Waals surface area contributed by atoms with Crippen molar-refractivity contribution in [3.05, 3.63) is 0 Å². The lowest BCUT2D eigenvalue weighted by atomic mass is 9.40. The number of esters is 2. The summed E-state index contributed by atoms with van der Waals surface area (Å²) in [5.41, 5.74) is -3.03. The third kappa shape index (κ3) is 4.50. The predicted octanol–water partition coefficient (Wildman–Crippen LogP) is 5.65. The van der Waals surface area contributed by atoms with E-state index in [2.05, 4.69) is 13.8 Å². The van der Waals surface area contributed by atoms with Crippen LogP contribution in [0.1, 0.15) is 113 Å². The number of carbonyl (C=O) groups excluding carboxylic acids is 5. The highest BCUT2D eigenvalue weighted by atomic mass is 16.5. The van der Waals surface area contributed by atoms with Crippen molar-refractivity contribution < 1.29 is 33.4 Å². The van der Waals surface area contributed by atoms with Crippen LogP contribution in [-0.2, 0) is 33.4 Å². The summed E-state index contributed by atoms with van der Waals surface area (Å²) in [6.07, 6.45) is 5.10. The van der Waals surface area contributed by atoms with E-state index in [-0.39, 0.29) is 47.2 Å². The maximum Gasteiger partial charge on any atom is 0.308 e. The van der Waals surface area contributed by atoms with E-state index in [0.29, 0.717) is 38.5 Å². The molecule has 4 aliphatic rings. The Balaban J connectivity index is 1.77. The third-order valence-corrected chi connectivity index (χ3v) is 12.6. The molecule has 7 nitrogen and oxygen atoms in total. The zero-order valence-electron chi connectivity index (χ0n) is 25.2. The average molecular weight is 545 g/mol. The van der Waals surface area contributed by atoms with E-state index in [4.69, 9.17) is 9.47 Å². The van der Waals surface area contributed by atoms with E-state index >= 15 is 0 Å². The highest BCUT2D eigenvalue weighted by molar-refractivity contribution is 6.39. The van der Waals surface area contributed by atoms with E-state index in [1.165, 1.54) is 14.0 Å².